The minimum Gasteiger partial charge on any atom is -0.389 e. The first-order chi connectivity index (χ1) is 8.60. The Hall–Kier alpha value is -1.00. The molecular weight excluding hydrogens is 247 g/mol. The highest BCUT2D eigenvalue weighted by molar-refractivity contribution is 7.80. The normalized spacial score (nSPS) is 20.2. The van der Waals surface area contributed by atoms with E-state index in [1.807, 2.05) is 0 Å². The van der Waals surface area contributed by atoms with E-state index in [0.717, 1.165) is 36.7 Å². The monoisotopic (exact) mass is 266 g/mol. The molecule has 98 valence electrons. The molecule has 0 spiro atoms. The topological polar surface area (TPSA) is 29.3 Å². The molecule has 2 rings (SSSR count). The molecule has 1 aromatic rings. The van der Waals surface area contributed by atoms with E-state index in [2.05, 4.69) is 11.8 Å². The van der Waals surface area contributed by atoms with E-state index in [1.54, 1.807) is 12.1 Å². The molecule has 1 saturated heterocycles. The van der Waals surface area contributed by atoms with Gasteiger partial charge in [-0.2, -0.15) is 0 Å². The van der Waals surface area contributed by atoms with Gasteiger partial charge in [0.15, 0.2) is 0 Å². The highest BCUT2D eigenvalue weighted by Gasteiger charge is 2.21. The summed E-state index contributed by atoms with van der Waals surface area (Å²) in [5.41, 5.74) is 7.38. The third kappa shape index (κ3) is 3.06. The van der Waals surface area contributed by atoms with Crippen molar-refractivity contribution < 1.29 is 4.39 Å². The average Bonchev–Trinajstić information content (AvgIpc) is 2.76. The molecule has 4 heteroatoms. The quantitative estimate of drug-likeness (QED) is 0.850. The van der Waals surface area contributed by atoms with Crippen LogP contribution in [0.5, 0.6) is 0 Å². The third-order valence-electron chi connectivity index (χ3n) is 3.67. The number of nitrogens with two attached hydrogens (primary N) is 1. The summed E-state index contributed by atoms with van der Waals surface area (Å²) in [6, 6.07) is 4.64. The average molecular weight is 266 g/mol. The standard InChI is InChI=1S/C14H19FN2S/c1-2-10-5-6-17(8-10)9-11-7-12(15)3-4-13(11)14(16)18/h3-4,7,10H,2,5-6,8-9H2,1H3,(H2,16,18). The molecule has 0 bridgehead atoms. The summed E-state index contributed by atoms with van der Waals surface area (Å²) in [5, 5.41) is 0. The van der Waals surface area contributed by atoms with Gasteiger partial charge in [0.05, 0.1) is 0 Å². The lowest BCUT2D eigenvalue weighted by Gasteiger charge is -2.18. The number of thiocarbonyl (C=S) groups is 1. The van der Waals surface area contributed by atoms with Crippen molar-refractivity contribution in [1.29, 1.82) is 0 Å². The van der Waals surface area contributed by atoms with Gasteiger partial charge < -0.3 is 5.73 Å². The zero-order valence-corrected chi connectivity index (χ0v) is 11.5. The van der Waals surface area contributed by atoms with Gasteiger partial charge in [0, 0.05) is 18.7 Å². The number of likely N-dealkylation sites (tertiary alicyclic amines) is 1. The Balaban J connectivity index is 2.13. The third-order valence-corrected chi connectivity index (χ3v) is 3.89. The lowest BCUT2D eigenvalue weighted by Crippen LogP contribution is -2.23. The Kier molecular flexibility index (Phi) is 4.30. The summed E-state index contributed by atoms with van der Waals surface area (Å²) >= 11 is 5.02. The molecule has 1 aliphatic rings. The molecule has 1 unspecified atom stereocenters. The fourth-order valence-corrected chi connectivity index (χ4v) is 2.76. The molecular formula is C14H19FN2S. The van der Waals surface area contributed by atoms with Gasteiger partial charge in [0.1, 0.15) is 10.8 Å². The van der Waals surface area contributed by atoms with Crippen molar-refractivity contribution >= 4 is 17.2 Å². The summed E-state index contributed by atoms with van der Waals surface area (Å²) in [4.78, 5) is 2.70. The van der Waals surface area contributed by atoms with Crippen molar-refractivity contribution in [3.8, 4) is 0 Å². The molecule has 18 heavy (non-hydrogen) atoms. The molecule has 2 nitrogen and oxygen atoms in total. The lowest BCUT2D eigenvalue weighted by molar-refractivity contribution is 0.314. The van der Waals surface area contributed by atoms with Crippen LogP contribution in [0.2, 0.25) is 0 Å². The molecule has 0 saturated carbocycles. The van der Waals surface area contributed by atoms with Crippen LogP contribution in [0.4, 0.5) is 4.39 Å². The van der Waals surface area contributed by atoms with Crippen molar-refractivity contribution in [3.63, 3.8) is 0 Å². The minimum absolute atomic E-state index is 0.226. The molecule has 1 aliphatic heterocycles. The lowest BCUT2D eigenvalue weighted by atomic mass is 10.1. The van der Waals surface area contributed by atoms with E-state index in [1.165, 1.54) is 18.9 Å². The molecule has 1 heterocycles. The second kappa shape index (κ2) is 5.76. The van der Waals surface area contributed by atoms with E-state index >= 15 is 0 Å². The van der Waals surface area contributed by atoms with E-state index in [4.69, 9.17) is 18.0 Å². The maximum atomic E-state index is 13.3. The fraction of sp³-hybridized carbons (Fsp3) is 0.500. The van der Waals surface area contributed by atoms with Crippen LogP contribution in [0, 0.1) is 11.7 Å². The summed E-state index contributed by atoms with van der Waals surface area (Å²) < 4.78 is 13.3. The largest absolute Gasteiger partial charge is 0.389 e. The van der Waals surface area contributed by atoms with Crippen LogP contribution in [-0.2, 0) is 6.54 Å². The number of nitrogens with zero attached hydrogens (tertiary/aromatic N) is 1. The first-order valence-electron chi connectivity index (χ1n) is 6.40. The Morgan fingerprint density at radius 1 is 1.56 bits per heavy atom. The van der Waals surface area contributed by atoms with Crippen molar-refractivity contribution in [2.24, 2.45) is 11.7 Å². The SMILES string of the molecule is CCC1CCN(Cc2cc(F)ccc2C(N)=S)C1. The van der Waals surface area contributed by atoms with Gasteiger partial charge in [0.25, 0.3) is 0 Å². The molecule has 0 amide bonds. The summed E-state index contributed by atoms with van der Waals surface area (Å²) in [6.45, 7) is 5.12. The van der Waals surface area contributed by atoms with Gasteiger partial charge >= 0.3 is 0 Å². The molecule has 0 aliphatic carbocycles. The van der Waals surface area contributed by atoms with Crippen molar-refractivity contribution in [1.82, 2.24) is 4.90 Å². The maximum Gasteiger partial charge on any atom is 0.123 e. The summed E-state index contributed by atoms with van der Waals surface area (Å²) in [7, 11) is 0. The van der Waals surface area contributed by atoms with Crippen LogP contribution in [0.3, 0.4) is 0 Å². The second-order valence-electron chi connectivity index (χ2n) is 4.96. The Labute approximate surface area is 113 Å². The fourth-order valence-electron chi connectivity index (χ4n) is 2.56. The van der Waals surface area contributed by atoms with Crippen molar-refractivity contribution in [2.75, 3.05) is 13.1 Å². The van der Waals surface area contributed by atoms with Gasteiger partial charge in [-0.15, -0.1) is 0 Å². The van der Waals surface area contributed by atoms with Crippen LogP contribution in [-0.4, -0.2) is 23.0 Å². The Bertz CT molecular complexity index is 447. The predicted octanol–water partition coefficient (Wildman–Crippen LogP) is 2.69. The van der Waals surface area contributed by atoms with Crippen LogP contribution < -0.4 is 5.73 Å². The van der Waals surface area contributed by atoms with Gasteiger partial charge in [-0.3, -0.25) is 4.90 Å². The maximum absolute atomic E-state index is 13.3. The highest BCUT2D eigenvalue weighted by Crippen LogP contribution is 2.22. The number of rotatable bonds is 4. The first-order valence-corrected chi connectivity index (χ1v) is 6.81. The number of halogens is 1. The van der Waals surface area contributed by atoms with E-state index in [9.17, 15) is 4.39 Å². The summed E-state index contributed by atoms with van der Waals surface area (Å²) in [5.74, 6) is 0.545. The highest BCUT2D eigenvalue weighted by atomic mass is 32.1. The van der Waals surface area contributed by atoms with Gasteiger partial charge in [-0.05, 0) is 42.6 Å². The van der Waals surface area contributed by atoms with Crippen LogP contribution >= 0.6 is 12.2 Å². The van der Waals surface area contributed by atoms with E-state index in [0.29, 0.717) is 4.99 Å². The Morgan fingerprint density at radius 2 is 2.33 bits per heavy atom. The van der Waals surface area contributed by atoms with Crippen LogP contribution in [0.25, 0.3) is 0 Å². The van der Waals surface area contributed by atoms with Gasteiger partial charge in [0.2, 0.25) is 0 Å². The molecule has 1 aromatic carbocycles. The zero-order chi connectivity index (χ0) is 13.1. The first kappa shape index (κ1) is 13.4. The number of hydrogen-bond acceptors (Lipinski definition) is 2. The molecule has 0 radical (unpaired) electrons. The smallest absolute Gasteiger partial charge is 0.123 e. The van der Waals surface area contributed by atoms with Crippen molar-refractivity contribution in [3.05, 3.63) is 35.1 Å². The van der Waals surface area contributed by atoms with E-state index in [-0.39, 0.29) is 5.82 Å². The van der Waals surface area contributed by atoms with Crippen molar-refractivity contribution in [2.45, 2.75) is 26.3 Å². The predicted molar refractivity (Wildman–Crippen MR) is 76.0 cm³/mol. The van der Waals surface area contributed by atoms with Gasteiger partial charge in [-0.1, -0.05) is 25.6 Å². The summed E-state index contributed by atoms with van der Waals surface area (Å²) in [6.07, 6.45) is 2.44. The molecule has 1 fully saturated rings. The minimum atomic E-state index is -0.226. The van der Waals surface area contributed by atoms with Gasteiger partial charge in [-0.25, -0.2) is 4.39 Å². The number of hydrogen-bond donors (Lipinski definition) is 1. The van der Waals surface area contributed by atoms with Crippen LogP contribution in [0.1, 0.15) is 30.9 Å². The van der Waals surface area contributed by atoms with Crippen LogP contribution in [0.15, 0.2) is 18.2 Å². The Morgan fingerprint density at radius 3 is 2.94 bits per heavy atom. The molecule has 0 aromatic heterocycles. The molecule has 1 atom stereocenters. The zero-order valence-electron chi connectivity index (χ0n) is 10.7. The van der Waals surface area contributed by atoms with E-state index < -0.39 is 0 Å². The molecule has 2 N–H and O–H groups in total. The number of benzene rings is 1. The second-order valence-corrected chi connectivity index (χ2v) is 5.40.